The number of alkyl halides is 3. The number of amides is 2. The van der Waals surface area contributed by atoms with E-state index in [0.29, 0.717) is 5.56 Å². The summed E-state index contributed by atoms with van der Waals surface area (Å²) in [5.74, 6) is -1.72. The van der Waals surface area contributed by atoms with Gasteiger partial charge in [-0.05, 0) is 56.7 Å². The predicted octanol–water partition coefficient (Wildman–Crippen LogP) is 4.94. The Morgan fingerprint density at radius 2 is 1.81 bits per heavy atom. The second-order valence-corrected chi connectivity index (χ2v) is 7.64. The summed E-state index contributed by atoms with van der Waals surface area (Å²) in [4.78, 5) is 30.4. The molecule has 0 aliphatic rings. The Kier molecular flexibility index (Phi) is 7.73. The van der Waals surface area contributed by atoms with Crippen LogP contribution in [-0.2, 0) is 4.84 Å². The molecule has 0 saturated heterocycles. The molecule has 0 unspecified atom stereocenters. The average Bonchev–Trinajstić information content (AvgIpc) is 2.66. The zero-order chi connectivity index (χ0) is 24.1. The first-order valence-corrected chi connectivity index (χ1v) is 9.57. The van der Waals surface area contributed by atoms with Crippen LogP contribution < -0.4 is 15.4 Å². The van der Waals surface area contributed by atoms with Gasteiger partial charge in [-0.1, -0.05) is 22.8 Å². The summed E-state index contributed by atoms with van der Waals surface area (Å²) in [6.07, 6.45) is -3.46. The molecule has 7 nitrogen and oxygen atoms in total. The van der Waals surface area contributed by atoms with E-state index in [1.807, 2.05) is 0 Å². The molecular formula is C21H21ClF3N3O4. The maximum atomic E-state index is 12.9. The van der Waals surface area contributed by atoms with Crippen molar-refractivity contribution < 1.29 is 32.3 Å². The van der Waals surface area contributed by atoms with Gasteiger partial charge in [0.2, 0.25) is 0 Å². The summed E-state index contributed by atoms with van der Waals surface area (Å²) < 4.78 is 41.0. The monoisotopic (exact) mass is 471 g/mol. The molecule has 2 aromatic rings. The molecule has 2 rings (SSSR count). The summed E-state index contributed by atoms with van der Waals surface area (Å²) in [6.45, 7) is 4.83. The summed E-state index contributed by atoms with van der Waals surface area (Å²) in [5.41, 5.74) is -0.441. The lowest BCUT2D eigenvalue weighted by atomic mass is 10.0. The van der Waals surface area contributed by atoms with Gasteiger partial charge in [0.25, 0.3) is 11.8 Å². The number of hydrogen-bond acceptors (Lipinski definition) is 5. The number of aryl methyl sites for hydroxylation is 1. The third-order valence-electron chi connectivity index (χ3n) is 4.08. The fraction of sp³-hybridized carbons (Fsp3) is 0.286. The normalized spacial score (nSPS) is 11.9. The second kappa shape index (κ2) is 9.90. The number of benzene rings is 2. The third kappa shape index (κ3) is 6.88. The smallest absolute Gasteiger partial charge is 0.406 e. The highest BCUT2D eigenvalue weighted by atomic mass is 35.5. The van der Waals surface area contributed by atoms with Gasteiger partial charge in [-0.15, -0.1) is 13.2 Å². The van der Waals surface area contributed by atoms with E-state index in [1.165, 1.54) is 44.5 Å². The largest absolute Gasteiger partial charge is 0.573 e. The molecule has 32 heavy (non-hydrogen) atoms. The van der Waals surface area contributed by atoms with Crippen molar-refractivity contribution in [2.45, 2.75) is 32.7 Å². The third-order valence-corrected chi connectivity index (χ3v) is 4.40. The zero-order valence-corrected chi connectivity index (χ0v) is 18.4. The summed E-state index contributed by atoms with van der Waals surface area (Å²) in [5, 5.41) is 8.94. The molecule has 2 aromatic carbocycles. The van der Waals surface area contributed by atoms with E-state index < -0.39 is 29.5 Å². The lowest BCUT2D eigenvalue weighted by molar-refractivity contribution is -0.274. The minimum absolute atomic E-state index is 0.0236. The highest BCUT2D eigenvalue weighted by Gasteiger charge is 2.31. The van der Waals surface area contributed by atoms with Gasteiger partial charge < -0.3 is 20.2 Å². The average molecular weight is 472 g/mol. The molecule has 0 saturated carbocycles. The van der Waals surface area contributed by atoms with E-state index >= 15 is 0 Å². The molecule has 0 aromatic heterocycles. The molecule has 172 valence electrons. The molecular weight excluding hydrogens is 451 g/mol. The van der Waals surface area contributed by atoms with Crippen LogP contribution in [0.2, 0.25) is 5.02 Å². The second-order valence-electron chi connectivity index (χ2n) is 7.23. The summed E-state index contributed by atoms with van der Waals surface area (Å²) in [6, 6.07) is 7.83. The Labute approximate surface area is 187 Å². The number of nitrogens with one attached hydrogen (secondary N) is 2. The van der Waals surface area contributed by atoms with Crippen LogP contribution in [0.4, 0.5) is 18.9 Å². The maximum absolute atomic E-state index is 12.9. The number of carbonyl (C=O) groups excluding carboxylic acids is 2. The number of ether oxygens (including phenoxy) is 1. The summed E-state index contributed by atoms with van der Waals surface area (Å²) in [7, 11) is 1.36. The number of hydrogen-bond donors (Lipinski definition) is 2. The van der Waals surface area contributed by atoms with Crippen molar-refractivity contribution in [1.82, 2.24) is 5.32 Å². The van der Waals surface area contributed by atoms with E-state index in [4.69, 9.17) is 11.6 Å². The minimum atomic E-state index is -4.83. The fourth-order valence-electron chi connectivity index (χ4n) is 2.68. The van der Waals surface area contributed by atoms with E-state index in [1.54, 1.807) is 13.8 Å². The first kappa shape index (κ1) is 25.0. The van der Waals surface area contributed by atoms with E-state index in [2.05, 4.69) is 25.4 Å². The Morgan fingerprint density at radius 1 is 1.12 bits per heavy atom. The molecule has 11 heteroatoms. The Hall–Kier alpha value is -3.27. The molecule has 2 N–H and O–H groups in total. The van der Waals surface area contributed by atoms with Gasteiger partial charge in [-0.3, -0.25) is 9.59 Å². The Bertz CT molecular complexity index is 1040. The fourth-order valence-corrected chi connectivity index (χ4v) is 2.94. The highest BCUT2D eigenvalue weighted by Crippen LogP contribution is 2.28. The van der Waals surface area contributed by atoms with Gasteiger partial charge >= 0.3 is 6.36 Å². The highest BCUT2D eigenvalue weighted by molar-refractivity contribution is 6.35. The van der Waals surface area contributed by atoms with Crippen molar-refractivity contribution in [2.24, 2.45) is 5.16 Å². The standard InChI is InChI=1S/C21H21ClF3N3O4/c1-12-10-13(32-21(23,24)25)8-9-16(12)27-18(29)14-6-5-7-15(22)17(14)19(30)28-20(2,3)11-26-31-4/h5-11H,1-4H3,(H,27,29)(H,28,30)/b26-11+. The van der Waals surface area contributed by atoms with Crippen LogP contribution in [0.15, 0.2) is 41.6 Å². The quantitative estimate of drug-likeness (QED) is 0.442. The van der Waals surface area contributed by atoms with E-state index in [0.717, 1.165) is 12.1 Å². The molecule has 0 heterocycles. The van der Waals surface area contributed by atoms with Gasteiger partial charge in [0.15, 0.2) is 0 Å². The van der Waals surface area contributed by atoms with Crippen LogP contribution in [0, 0.1) is 6.92 Å². The molecule has 0 bridgehead atoms. The molecule has 0 radical (unpaired) electrons. The number of nitrogens with zero attached hydrogens (tertiary/aromatic N) is 1. The van der Waals surface area contributed by atoms with Crippen molar-refractivity contribution in [3.05, 3.63) is 58.1 Å². The lowest BCUT2D eigenvalue weighted by Crippen LogP contribution is -2.45. The molecule has 0 atom stereocenters. The zero-order valence-electron chi connectivity index (χ0n) is 17.6. The first-order chi connectivity index (χ1) is 14.8. The number of rotatable bonds is 7. The van der Waals surface area contributed by atoms with Crippen molar-refractivity contribution in [1.29, 1.82) is 0 Å². The Morgan fingerprint density at radius 3 is 2.41 bits per heavy atom. The van der Waals surface area contributed by atoms with Crippen LogP contribution in [0.25, 0.3) is 0 Å². The van der Waals surface area contributed by atoms with Gasteiger partial charge in [0, 0.05) is 5.69 Å². The number of halogens is 4. The maximum Gasteiger partial charge on any atom is 0.573 e. The molecule has 0 spiro atoms. The molecule has 0 fully saturated rings. The Balaban J connectivity index is 2.29. The predicted molar refractivity (Wildman–Crippen MR) is 114 cm³/mol. The number of anilines is 1. The molecule has 0 aliphatic carbocycles. The SMILES string of the molecule is CO/N=C/C(C)(C)NC(=O)c1c(Cl)cccc1C(=O)Nc1ccc(OC(F)(F)F)cc1C. The van der Waals surface area contributed by atoms with E-state index in [-0.39, 0.29) is 21.8 Å². The number of oxime groups is 1. The van der Waals surface area contributed by atoms with E-state index in [9.17, 15) is 22.8 Å². The first-order valence-electron chi connectivity index (χ1n) is 9.19. The van der Waals surface area contributed by atoms with Gasteiger partial charge in [0.05, 0.1) is 27.9 Å². The summed E-state index contributed by atoms with van der Waals surface area (Å²) >= 11 is 6.20. The minimum Gasteiger partial charge on any atom is -0.406 e. The number of carbonyl (C=O) groups is 2. The molecule has 0 aliphatic heterocycles. The van der Waals surface area contributed by atoms with Crippen LogP contribution in [0.1, 0.15) is 40.1 Å². The van der Waals surface area contributed by atoms with Gasteiger partial charge in [-0.25, -0.2) is 0 Å². The van der Waals surface area contributed by atoms with Crippen molar-refractivity contribution in [3.8, 4) is 5.75 Å². The molecule has 2 amide bonds. The van der Waals surface area contributed by atoms with Crippen molar-refractivity contribution >= 4 is 35.3 Å². The van der Waals surface area contributed by atoms with Crippen LogP contribution in [-0.4, -0.2) is 37.0 Å². The van der Waals surface area contributed by atoms with Gasteiger partial charge in [-0.2, -0.15) is 0 Å². The van der Waals surface area contributed by atoms with Gasteiger partial charge in [0.1, 0.15) is 12.9 Å². The van der Waals surface area contributed by atoms with Crippen molar-refractivity contribution in [2.75, 3.05) is 12.4 Å². The topological polar surface area (TPSA) is 89.0 Å². The van der Waals surface area contributed by atoms with Crippen LogP contribution in [0.3, 0.4) is 0 Å². The lowest BCUT2D eigenvalue weighted by Gasteiger charge is -2.22. The van der Waals surface area contributed by atoms with Crippen molar-refractivity contribution in [3.63, 3.8) is 0 Å². The van der Waals surface area contributed by atoms with Crippen LogP contribution >= 0.6 is 11.6 Å². The van der Waals surface area contributed by atoms with Crippen LogP contribution in [0.5, 0.6) is 5.75 Å².